The second-order valence-electron chi connectivity index (χ2n) is 4.89. The van der Waals surface area contributed by atoms with Crippen LogP contribution in [-0.2, 0) is 6.18 Å². The Bertz CT molecular complexity index is 958. The summed E-state index contributed by atoms with van der Waals surface area (Å²) in [6.45, 7) is 0. The molecule has 0 fully saturated rings. The molecule has 7 heteroatoms. The monoisotopic (exact) mass is 322 g/mol. The number of hydrogen-bond donors (Lipinski definition) is 2. The van der Waals surface area contributed by atoms with E-state index < -0.39 is 28.7 Å². The van der Waals surface area contributed by atoms with Crippen LogP contribution in [0.2, 0.25) is 0 Å². The molecule has 3 rings (SSSR count). The molecule has 0 amide bonds. The number of phenols is 2. The lowest BCUT2D eigenvalue weighted by Crippen LogP contribution is -2.07. The molecule has 0 aliphatic heterocycles. The average molecular weight is 322 g/mol. The highest BCUT2D eigenvalue weighted by atomic mass is 19.4. The quantitative estimate of drug-likeness (QED) is 0.667. The molecule has 4 nitrogen and oxygen atoms in total. The van der Waals surface area contributed by atoms with Crippen LogP contribution in [0.15, 0.2) is 51.9 Å². The van der Waals surface area contributed by atoms with E-state index in [0.29, 0.717) is 0 Å². The smallest absolute Gasteiger partial charge is 0.416 e. The van der Waals surface area contributed by atoms with Crippen LogP contribution in [0.5, 0.6) is 11.5 Å². The Morgan fingerprint density at radius 1 is 1.00 bits per heavy atom. The molecule has 0 aliphatic carbocycles. The largest absolute Gasteiger partial charge is 0.504 e. The van der Waals surface area contributed by atoms with Gasteiger partial charge in [0.05, 0.1) is 16.5 Å². The molecule has 23 heavy (non-hydrogen) atoms. The van der Waals surface area contributed by atoms with E-state index in [9.17, 15) is 28.2 Å². The van der Waals surface area contributed by atoms with Crippen LogP contribution in [0.1, 0.15) is 5.56 Å². The zero-order valence-corrected chi connectivity index (χ0v) is 11.4. The highest BCUT2D eigenvalue weighted by Gasteiger charge is 2.30. The second-order valence-corrected chi connectivity index (χ2v) is 4.89. The number of halogens is 3. The predicted octanol–water partition coefficient (Wildman–Crippen LogP) is 3.89. The van der Waals surface area contributed by atoms with E-state index in [0.717, 1.165) is 30.5 Å². The van der Waals surface area contributed by atoms with Crippen molar-refractivity contribution in [1.82, 2.24) is 0 Å². The standard InChI is InChI=1S/C16H9F3O4/c17-16(18,19)9-3-1-2-8(4-9)11-7-23-14-6-13(21)12(20)5-10(14)15(11)22/h1-7,20-21H. The number of hydrogen-bond acceptors (Lipinski definition) is 4. The van der Waals surface area contributed by atoms with Crippen molar-refractivity contribution in [3.63, 3.8) is 0 Å². The molecule has 0 radical (unpaired) electrons. The van der Waals surface area contributed by atoms with E-state index in [1.54, 1.807) is 0 Å². The number of aromatic hydroxyl groups is 2. The van der Waals surface area contributed by atoms with Gasteiger partial charge in [-0.1, -0.05) is 12.1 Å². The second kappa shape index (κ2) is 5.05. The Kier molecular flexibility index (Phi) is 3.28. The number of rotatable bonds is 1. The van der Waals surface area contributed by atoms with Crippen LogP contribution in [-0.4, -0.2) is 10.2 Å². The molecule has 0 saturated carbocycles. The lowest BCUT2D eigenvalue weighted by Gasteiger charge is -2.09. The van der Waals surface area contributed by atoms with Crippen LogP contribution in [0, 0.1) is 0 Å². The lowest BCUT2D eigenvalue weighted by atomic mass is 10.0. The summed E-state index contributed by atoms with van der Waals surface area (Å²) in [6.07, 6.45) is -3.51. The summed E-state index contributed by atoms with van der Waals surface area (Å²) < 4.78 is 43.5. The molecule has 0 spiro atoms. The Labute approximate surface area is 127 Å². The summed E-state index contributed by atoms with van der Waals surface area (Å²) in [5.74, 6) is -0.988. The third kappa shape index (κ3) is 2.61. The summed E-state index contributed by atoms with van der Waals surface area (Å²) in [5.41, 5.74) is -1.51. The molecule has 1 heterocycles. The van der Waals surface area contributed by atoms with E-state index in [2.05, 4.69) is 0 Å². The van der Waals surface area contributed by atoms with Gasteiger partial charge in [-0.15, -0.1) is 0 Å². The first-order valence-electron chi connectivity index (χ1n) is 6.42. The Morgan fingerprint density at radius 3 is 2.39 bits per heavy atom. The molecule has 2 aromatic carbocycles. The van der Waals surface area contributed by atoms with Crippen molar-refractivity contribution in [2.75, 3.05) is 0 Å². The van der Waals surface area contributed by atoms with Crippen molar-refractivity contribution < 1.29 is 27.8 Å². The molecular weight excluding hydrogens is 313 g/mol. The van der Waals surface area contributed by atoms with Gasteiger partial charge >= 0.3 is 6.18 Å². The van der Waals surface area contributed by atoms with Crippen LogP contribution in [0.3, 0.4) is 0 Å². The van der Waals surface area contributed by atoms with Crippen LogP contribution < -0.4 is 5.43 Å². The molecule has 0 aliphatic rings. The van der Waals surface area contributed by atoms with Crippen molar-refractivity contribution >= 4 is 11.0 Å². The summed E-state index contributed by atoms with van der Waals surface area (Å²) >= 11 is 0. The van der Waals surface area contributed by atoms with Gasteiger partial charge in [0.2, 0.25) is 5.43 Å². The Hall–Kier alpha value is -2.96. The number of benzene rings is 2. The van der Waals surface area contributed by atoms with Gasteiger partial charge in [-0.05, 0) is 23.8 Å². The molecular formula is C16H9F3O4. The Morgan fingerprint density at radius 2 is 1.70 bits per heavy atom. The van der Waals surface area contributed by atoms with Crippen molar-refractivity contribution in [3.8, 4) is 22.6 Å². The highest BCUT2D eigenvalue weighted by molar-refractivity contribution is 5.84. The minimum absolute atomic E-state index is 0.0148. The highest BCUT2D eigenvalue weighted by Crippen LogP contribution is 2.33. The fraction of sp³-hybridized carbons (Fsp3) is 0.0625. The predicted molar refractivity (Wildman–Crippen MR) is 76.3 cm³/mol. The molecule has 2 N–H and O–H groups in total. The summed E-state index contributed by atoms with van der Waals surface area (Å²) in [5, 5.41) is 18.8. The van der Waals surface area contributed by atoms with Crippen LogP contribution in [0.25, 0.3) is 22.1 Å². The van der Waals surface area contributed by atoms with Gasteiger partial charge in [-0.25, -0.2) is 0 Å². The van der Waals surface area contributed by atoms with Gasteiger partial charge in [0, 0.05) is 6.07 Å². The molecule has 3 aromatic rings. The molecule has 0 bridgehead atoms. The minimum Gasteiger partial charge on any atom is -0.504 e. The zero-order chi connectivity index (χ0) is 16.8. The normalized spacial score (nSPS) is 11.8. The van der Waals surface area contributed by atoms with Gasteiger partial charge < -0.3 is 14.6 Å². The van der Waals surface area contributed by atoms with Crippen molar-refractivity contribution in [3.05, 3.63) is 58.4 Å². The topological polar surface area (TPSA) is 70.7 Å². The summed E-state index contributed by atoms with van der Waals surface area (Å²) in [4.78, 5) is 12.4. The third-order valence-corrected chi connectivity index (χ3v) is 3.37. The zero-order valence-electron chi connectivity index (χ0n) is 11.4. The first kappa shape index (κ1) is 15.0. The van der Waals surface area contributed by atoms with Gasteiger partial charge in [-0.3, -0.25) is 4.79 Å². The molecule has 0 unspecified atom stereocenters. The summed E-state index contributed by atoms with van der Waals surface area (Å²) in [6, 6.07) is 6.35. The van der Waals surface area contributed by atoms with Crippen LogP contribution in [0.4, 0.5) is 13.2 Å². The number of alkyl halides is 3. The maximum absolute atomic E-state index is 12.8. The van der Waals surface area contributed by atoms with Crippen molar-refractivity contribution in [1.29, 1.82) is 0 Å². The van der Waals surface area contributed by atoms with E-state index in [1.807, 2.05) is 0 Å². The van der Waals surface area contributed by atoms with Crippen molar-refractivity contribution in [2.24, 2.45) is 0 Å². The van der Waals surface area contributed by atoms with Gasteiger partial charge in [0.1, 0.15) is 11.8 Å². The average Bonchev–Trinajstić information content (AvgIpc) is 2.49. The Balaban J connectivity index is 2.24. The lowest BCUT2D eigenvalue weighted by molar-refractivity contribution is -0.137. The molecule has 1 aromatic heterocycles. The number of phenolic OH excluding ortho intramolecular Hbond substituents is 2. The maximum Gasteiger partial charge on any atom is 0.416 e. The van der Waals surface area contributed by atoms with E-state index >= 15 is 0 Å². The number of fused-ring (bicyclic) bond motifs is 1. The fourth-order valence-electron chi connectivity index (χ4n) is 2.22. The van der Waals surface area contributed by atoms with Gasteiger partial charge in [0.15, 0.2) is 11.5 Å². The summed E-state index contributed by atoms with van der Waals surface area (Å²) in [7, 11) is 0. The van der Waals surface area contributed by atoms with Gasteiger partial charge in [0.25, 0.3) is 0 Å². The van der Waals surface area contributed by atoms with E-state index in [-0.39, 0.29) is 22.1 Å². The van der Waals surface area contributed by atoms with E-state index in [4.69, 9.17) is 4.42 Å². The fourth-order valence-corrected chi connectivity index (χ4v) is 2.22. The van der Waals surface area contributed by atoms with Gasteiger partial charge in [-0.2, -0.15) is 13.2 Å². The first-order chi connectivity index (χ1) is 10.8. The maximum atomic E-state index is 12.8. The third-order valence-electron chi connectivity index (χ3n) is 3.37. The molecule has 0 atom stereocenters. The first-order valence-corrected chi connectivity index (χ1v) is 6.42. The SMILES string of the molecule is O=c1c(-c2cccc(C(F)(F)F)c2)coc2cc(O)c(O)cc12. The van der Waals surface area contributed by atoms with Crippen molar-refractivity contribution in [2.45, 2.75) is 6.18 Å². The molecule has 0 saturated heterocycles. The van der Waals surface area contributed by atoms with Crippen LogP contribution >= 0.6 is 0 Å². The minimum atomic E-state index is -4.53. The molecule has 118 valence electrons. The van der Waals surface area contributed by atoms with E-state index in [1.165, 1.54) is 12.1 Å².